The Bertz CT molecular complexity index is 452. The lowest BCUT2D eigenvalue weighted by Crippen LogP contribution is -2.32. The second-order valence-corrected chi connectivity index (χ2v) is 3.54. The van der Waals surface area contributed by atoms with Crippen molar-refractivity contribution >= 4 is 17.4 Å². The number of nitrogens with one attached hydrogen (secondary N) is 1. The van der Waals surface area contributed by atoms with Crippen LogP contribution < -0.4 is 11.1 Å². The molecule has 0 fully saturated rings. The number of carbonyl (C=O) groups is 1. The van der Waals surface area contributed by atoms with Gasteiger partial charge in [0.2, 0.25) is 5.91 Å². The predicted octanol–water partition coefficient (Wildman–Crippen LogP) is 0.426. The van der Waals surface area contributed by atoms with Crippen LogP contribution in [0.2, 0.25) is 0 Å². The topological polar surface area (TPSA) is 95.0 Å². The fourth-order valence-electron chi connectivity index (χ4n) is 1.18. The number of nitrogens with two attached hydrogens (primary N) is 1. The zero-order valence-corrected chi connectivity index (χ0v) is 9.90. The number of pyridine rings is 1. The Kier molecular flexibility index (Phi) is 4.29. The summed E-state index contributed by atoms with van der Waals surface area (Å²) in [7, 11) is 1.71. The van der Waals surface area contributed by atoms with Crippen LogP contribution in [0, 0.1) is 11.3 Å². The highest BCUT2D eigenvalue weighted by Crippen LogP contribution is 2.13. The van der Waals surface area contributed by atoms with E-state index in [9.17, 15) is 4.79 Å². The lowest BCUT2D eigenvalue weighted by Gasteiger charge is -2.15. The van der Waals surface area contributed by atoms with Crippen molar-refractivity contribution in [1.82, 2.24) is 9.88 Å². The van der Waals surface area contributed by atoms with E-state index in [2.05, 4.69) is 10.3 Å². The highest BCUT2D eigenvalue weighted by atomic mass is 16.2. The Morgan fingerprint density at radius 2 is 2.41 bits per heavy atom. The van der Waals surface area contributed by atoms with Crippen molar-refractivity contribution in [1.29, 1.82) is 5.26 Å². The fourth-order valence-corrected chi connectivity index (χ4v) is 1.18. The molecule has 0 aliphatic carbocycles. The number of rotatable bonds is 4. The van der Waals surface area contributed by atoms with E-state index in [-0.39, 0.29) is 12.5 Å². The molecule has 6 heteroatoms. The number of amides is 1. The molecule has 3 N–H and O–H groups in total. The van der Waals surface area contributed by atoms with Gasteiger partial charge in [0.15, 0.2) is 0 Å². The first-order valence-electron chi connectivity index (χ1n) is 5.22. The molecule has 90 valence electrons. The fraction of sp³-hybridized carbons (Fsp3) is 0.364. The Balaban J connectivity index is 2.70. The Morgan fingerprint density at radius 1 is 1.71 bits per heavy atom. The summed E-state index contributed by atoms with van der Waals surface area (Å²) >= 11 is 0. The lowest BCUT2D eigenvalue weighted by atomic mass is 10.2. The van der Waals surface area contributed by atoms with Gasteiger partial charge in [0.05, 0.1) is 24.0 Å². The molecule has 17 heavy (non-hydrogen) atoms. The molecule has 1 aromatic heterocycles. The Hall–Kier alpha value is -2.29. The maximum absolute atomic E-state index is 11.5. The molecule has 0 aromatic carbocycles. The van der Waals surface area contributed by atoms with E-state index in [4.69, 9.17) is 11.0 Å². The van der Waals surface area contributed by atoms with Gasteiger partial charge in [-0.05, 0) is 13.0 Å². The summed E-state index contributed by atoms with van der Waals surface area (Å²) in [6.45, 7) is 2.64. The summed E-state index contributed by atoms with van der Waals surface area (Å²) in [5.74, 6) is 0.314. The molecule has 6 nitrogen and oxygen atoms in total. The van der Waals surface area contributed by atoms with Gasteiger partial charge in [-0.1, -0.05) is 0 Å². The molecule has 0 unspecified atom stereocenters. The minimum Gasteiger partial charge on any atom is -0.397 e. The molecule has 1 aromatic rings. The van der Waals surface area contributed by atoms with Crippen molar-refractivity contribution < 1.29 is 4.79 Å². The second kappa shape index (κ2) is 5.70. The SMILES string of the molecule is CCN(C)C(=O)CNc1ncc(N)cc1C#N. The number of aromatic nitrogens is 1. The van der Waals surface area contributed by atoms with Gasteiger partial charge in [0, 0.05) is 13.6 Å². The van der Waals surface area contributed by atoms with Gasteiger partial charge in [0.1, 0.15) is 11.9 Å². The smallest absolute Gasteiger partial charge is 0.241 e. The molecule has 1 amide bonds. The van der Waals surface area contributed by atoms with Crippen molar-refractivity contribution in [3.63, 3.8) is 0 Å². The maximum atomic E-state index is 11.5. The minimum absolute atomic E-state index is 0.0602. The standard InChI is InChI=1S/C11H15N5O/c1-3-16(2)10(17)7-15-11-8(5-12)4-9(13)6-14-11/h4,6H,3,7,13H2,1-2H3,(H,14,15). The van der Waals surface area contributed by atoms with Crippen molar-refractivity contribution in [2.24, 2.45) is 0 Å². The van der Waals surface area contributed by atoms with Crippen molar-refractivity contribution in [3.05, 3.63) is 17.8 Å². The average Bonchev–Trinajstić information content (AvgIpc) is 2.35. The lowest BCUT2D eigenvalue weighted by molar-refractivity contribution is -0.127. The van der Waals surface area contributed by atoms with Gasteiger partial charge >= 0.3 is 0 Å². The van der Waals surface area contributed by atoms with E-state index in [0.717, 1.165) is 0 Å². The molecule has 1 rings (SSSR count). The Morgan fingerprint density at radius 3 is 3.00 bits per heavy atom. The number of carbonyl (C=O) groups excluding carboxylic acids is 1. The van der Waals surface area contributed by atoms with Crippen molar-refractivity contribution in [3.8, 4) is 6.07 Å². The van der Waals surface area contributed by atoms with Crippen LogP contribution in [0.25, 0.3) is 0 Å². The normalized spacial score (nSPS) is 9.47. The summed E-state index contributed by atoms with van der Waals surface area (Å²) in [6.07, 6.45) is 1.44. The summed E-state index contributed by atoms with van der Waals surface area (Å²) in [6, 6.07) is 3.49. The van der Waals surface area contributed by atoms with Gasteiger partial charge in [-0.3, -0.25) is 4.79 Å². The van der Waals surface area contributed by atoms with Crippen LogP contribution in [0.1, 0.15) is 12.5 Å². The molecule has 0 saturated carbocycles. The number of anilines is 2. The highest BCUT2D eigenvalue weighted by molar-refractivity contribution is 5.80. The summed E-state index contributed by atoms with van der Waals surface area (Å²) in [5, 5.41) is 11.7. The van der Waals surface area contributed by atoms with Crippen LogP contribution in [0.5, 0.6) is 0 Å². The van der Waals surface area contributed by atoms with Gasteiger partial charge in [-0.15, -0.1) is 0 Å². The molecule has 0 atom stereocenters. The molecular weight excluding hydrogens is 218 g/mol. The third-order valence-corrected chi connectivity index (χ3v) is 2.34. The molecular formula is C11H15N5O. The first-order valence-corrected chi connectivity index (χ1v) is 5.22. The maximum Gasteiger partial charge on any atom is 0.241 e. The van der Waals surface area contributed by atoms with Crippen LogP contribution in [0.15, 0.2) is 12.3 Å². The largest absolute Gasteiger partial charge is 0.397 e. The minimum atomic E-state index is -0.0602. The number of nitriles is 1. The molecule has 0 radical (unpaired) electrons. The number of nitrogen functional groups attached to an aromatic ring is 1. The number of hydrogen-bond donors (Lipinski definition) is 2. The zero-order valence-electron chi connectivity index (χ0n) is 9.90. The molecule has 0 aliphatic heterocycles. The van der Waals surface area contributed by atoms with Crippen molar-refractivity contribution in [2.45, 2.75) is 6.92 Å². The van der Waals surface area contributed by atoms with E-state index < -0.39 is 0 Å². The highest BCUT2D eigenvalue weighted by Gasteiger charge is 2.09. The number of likely N-dealkylation sites (N-methyl/N-ethyl adjacent to an activating group) is 1. The van der Waals surface area contributed by atoms with Crippen LogP contribution >= 0.6 is 0 Å². The predicted molar refractivity (Wildman–Crippen MR) is 65.2 cm³/mol. The molecule has 1 heterocycles. The summed E-state index contributed by atoms with van der Waals surface area (Å²) < 4.78 is 0. The zero-order chi connectivity index (χ0) is 12.8. The van der Waals surface area contributed by atoms with Gasteiger partial charge in [-0.2, -0.15) is 5.26 Å². The van der Waals surface area contributed by atoms with E-state index in [1.165, 1.54) is 12.3 Å². The van der Waals surface area contributed by atoms with Crippen LogP contribution in [-0.4, -0.2) is 35.9 Å². The van der Waals surface area contributed by atoms with Crippen LogP contribution in [0.4, 0.5) is 11.5 Å². The third kappa shape index (κ3) is 3.34. The first kappa shape index (κ1) is 12.8. The second-order valence-electron chi connectivity index (χ2n) is 3.54. The summed E-state index contributed by atoms with van der Waals surface area (Å²) in [5.41, 5.74) is 6.26. The Labute approximate surface area is 100 Å². The van der Waals surface area contributed by atoms with Crippen LogP contribution in [0.3, 0.4) is 0 Å². The quantitative estimate of drug-likeness (QED) is 0.786. The summed E-state index contributed by atoms with van der Waals surface area (Å²) in [4.78, 5) is 17.1. The van der Waals surface area contributed by atoms with Crippen molar-refractivity contribution in [2.75, 3.05) is 31.2 Å². The average molecular weight is 233 g/mol. The van der Waals surface area contributed by atoms with E-state index in [0.29, 0.717) is 23.6 Å². The molecule has 0 spiro atoms. The molecule has 0 bridgehead atoms. The molecule has 0 saturated heterocycles. The first-order chi connectivity index (χ1) is 8.08. The van der Waals surface area contributed by atoms with E-state index in [1.807, 2.05) is 13.0 Å². The van der Waals surface area contributed by atoms with Crippen LogP contribution in [-0.2, 0) is 4.79 Å². The van der Waals surface area contributed by atoms with E-state index in [1.54, 1.807) is 11.9 Å². The molecule has 0 aliphatic rings. The number of nitrogens with zero attached hydrogens (tertiary/aromatic N) is 3. The third-order valence-electron chi connectivity index (χ3n) is 2.34. The van der Waals surface area contributed by atoms with Gasteiger partial charge in [-0.25, -0.2) is 4.98 Å². The van der Waals surface area contributed by atoms with E-state index >= 15 is 0 Å². The number of hydrogen-bond acceptors (Lipinski definition) is 5. The van der Waals surface area contributed by atoms with Gasteiger partial charge < -0.3 is 16.0 Å². The monoisotopic (exact) mass is 233 g/mol. The van der Waals surface area contributed by atoms with Gasteiger partial charge in [0.25, 0.3) is 0 Å².